The third-order valence-corrected chi connectivity index (χ3v) is 10.9. The molecule has 0 aliphatic carbocycles. The highest BCUT2D eigenvalue weighted by Gasteiger charge is 2.26. The van der Waals surface area contributed by atoms with E-state index in [1.54, 1.807) is 0 Å². The third-order valence-electron chi connectivity index (χ3n) is 10.9. The Hall–Kier alpha value is -6.00. The number of hydrogen-bond acceptors (Lipinski definition) is 4. The van der Waals surface area contributed by atoms with E-state index >= 15 is 0 Å². The largest absolute Gasteiger partial charge is 0.362 e. The van der Waals surface area contributed by atoms with Gasteiger partial charge in [0.25, 0.3) is 0 Å². The summed E-state index contributed by atoms with van der Waals surface area (Å²) in [5.41, 5.74) is 10.0. The lowest BCUT2D eigenvalue weighted by Crippen LogP contribution is -2.16. The predicted octanol–water partition coefficient (Wildman–Crippen LogP) is 10.4. The van der Waals surface area contributed by atoms with Crippen LogP contribution in [0.25, 0.3) is 64.9 Å². The molecule has 0 unspecified atom stereocenters. The molecule has 0 N–H and O–H groups in total. The molecule has 2 aliphatic rings. The van der Waals surface area contributed by atoms with Gasteiger partial charge < -0.3 is 9.80 Å². The van der Waals surface area contributed by atoms with Gasteiger partial charge in [0.05, 0.1) is 11.0 Å². The Morgan fingerprint density at radius 3 is 1.29 bits per heavy atom. The molecule has 11 rings (SSSR count). The molecule has 0 radical (unpaired) electrons. The van der Waals surface area contributed by atoms with Crippen molar-refractivity contribution in [3.63, 3.8) is 0 Å². The highest BCUT2D eigenvalue weighted by atomic mass is 15.2. The van der Waals surface area contributed by atoms with Crippen LogP contribution < -0.4 is 9.80 Å². The summed E-state index contributed by atoms with van der Waals surface area (Å²) in [6, 6.07) is 44.7. The van der Waals surface area contributed by atoms with E-state index in [0.29, 0.717) is 0 Å². The highest BCUT2D eigenvalue weighted by Crippen LogP contribution is 2.42. The molecule has 0 saturated carbocycles. The number of hydrogen-bond donors (Lipinski definition) is 0. The maximum Gasteiger partial charge on any atom is 0.0986 e. The normalized spacial score (nSPS) is 14.2. The van der Waals surface area contributed by atoms with Crippen LogP contribution in [-0.4, -0.2) is 9.97 Å². The molecule has 48 heavy (non-hydrogen) atoms. The highest BCUT2D eigenvalue weighted by molar-refractivity contribution is 6.12. The monoisotopic (exact) mass is 614 g/mol. The van der Waals surface area contributed by atoms with Gasteiger partial charge in [0.2, 0.25) is 0 Å². The van der Waals surface area contributed by atoms with E-state index in [-0.39, 0.29) is 0 Å². The van der Waals surface area contributed by atoms with E-state index in [4.69, 9.17) is 9.97 Å². The number of rotatable bonds is 2. The second-order valence-electron chi connectivity index (χ2n) is 13.4. The molecule has 0 spiro atoms. The molecule has 7 aromatic carbocycles. The lowest BCUT2D eigenvalue weighted by atomic mass is 9.96. The molecule has 4 nitrogen and oxygen atoms in total. The van der Waals surface area contributed by atoms with Crippen LogP contribution >= 0.6 is 0 Å². The van der Waals surface area contributed by atoms with Crippen LogP contribution in [0.15, 0.2) is 134 Å². The van der Waals surface area contributed by atoms with Crippen molar-refractivity contribution in [1.29, 1.82) is 0 Å². The Labute approximate surface area is 277 Å². The fraction of sp³-hybridized carbons (Fsp3) is 0.0909. The van der Waals surface area contributed by atoms with Crippen LogP contribution in [0.1, 0.15) is 22.3 Å². The summed E-state index contributed by atoms with van der Waals surface area (Å²) in [6.07, 6.45) is 3.92. The van der Waals surface area contributed by atoms with E-state index in [2.05, 4.69) is 131 Å². The molecule has 2 aromatic heterocycles. The van der Waals surface area contributed by atoms with Gasteiger partial charge in [0.1, 0.15) is 0 Å². The first-order valence-electron chi connectivity index (χ1n) is 16.8. The van der Waals surface area contributed by atoms with Gasteiger partial charge in [0.15, 0.2) is 0 Å². The van der Waals surface area contributed by atoms with Gasteiger partial charge in [-0.1, -0.05) is 97.1 Å². The standard InChI is InChI=1S/C44H30N4/c1-3-7-31-27(5-1)9-13-35-33(31)15-11-29-23-47(25-39(29)35)41-19-21-45-43-37(41)17-18-38-42(20-22-46-44(38)43)48-24-30-12-16-34-32-8-4-2-6-28(32)10-14-36(34)40(30)26-48/h1-22H,23-26H2. The molecule has 0 fully saturated rings. The van der Waals surface area contributed by atoms with Crippen LogP contribution in [0.4, 0.5) is 11.4 Å². The van der Waals surface area contributed by atoms with Crippen molar-refractivity contribution in [3.05, 3.63) is 156 Å². The molecular weight excluding hydrogens is 585 g/mol. The van der Waals surface area contributed by atoms with Gasteiger partial charge in [0, 0.05) is 60.7 Å². The molecular formula is C44H30N4. The zero-order valence-electron chi connectivity index (χ0n) is 26.3. The van der Waals surface area contributed by atoms with Crippen LogP contribution in [0.3, 0.4) is 0 Å². The second-order valence-corrected chi connectivity index (χ2v) is 13.4. The van der Waals surface area contributed by atoms with E-state index < -0.39 is 0 Å². The summed E-state index contributed by atoms with van der Waals surface area (Å²) in [5, 5.41) is 12.9. The maximum absolute atomic E-state index is 4.94. The van der Waals surface area contributed by atoms with E-state index in [0.717, 1.165) is 48.0 Å². The minimum absolute atomic E-state index is 0.880. The number of fused-ring (bicyclic) bond motifs is 13. The fourth-order valence-electron chi connectivity index (χ4n) is 8.66. The number of aromatic nitrogens is 2. The van der Waals surface area contributed by atoms with Crippen LogP contribution in [0.5, 0.6) is 0 Å². The number of anilines is 2. The van der Waals surface area contributed by atoms with Gasteiger partial charge in [-0.05, 0) is 89.6 Å². The molecule has 4 heteroatoms. The molecule has 9 aromatic rings. The van der Waals surface area contributed by atoms with Gasteiger partial charge in [-0.2, -0.15) is 0 Å². The van der Waals surface area contributed by atoms with Gasteiger partial charge in [-0.25, -0.2) is 0 Å². The third kappa shape index (κ3) is 3.66. The number of pyridine rings is 2. The summed E-state index contributed by atoms with van der Waals surface area (Å²) in [5.74, 6) is 0. The average molecular weight is 615 g/mol. The zero-order valence-corrected chi connectivity index (χ0v) is 26.3. The summed E-state index contributed by atoms with van der Waals surface area (Å²) in [7, 11) is 0. The van der Waals surface area contributed by atoms with E-state index in [1.807, 2.05) is 12.4 Å². The summed E-state index contributed by atoms with van der Waals surface area (Å²) < 4.78 is 0. The van der Waals surface area contributed by atoms with E-state index in [9.17, 15) is 0 Å². The minimum Gasteiger partial charge on any atom is -0.362 e. The van der Waals surface area contributed by atoms with Gasteiger partial charge >= 0.3 is 0 Å². The Kier molecular flexibility index (Phi) is 5.31. The second kappa shape index (κ2) is 9.76. The lowest BCUT2D eigenvalue weighted by molar-refractivity contribution is 0.885. The summed E-state index contributed by atoms with van der Waals surface area (Å²) >= 11 is 0. The van der Waals surface area contributed by atoms with Crippen molar-refractivity contribution in [2.24, 2.45) is 0 Å². The maximum atomic E-state index is 4.94. The SMILES string of the molecule is c1ccc2c(c1)ccc1c3c(ccc12)CN(c1ccnc2c1ccc1c(N4Cc5ccc6c(ccc7ccccc76)c5C4)ccnc12)C3. The first-order chi connectivity index (χ1) is 23.8. The average Bonchev–Trinajstić information content (AvgIpc) is 3.79. The van der Waals surface area contributed by atoms with Crippen molar-refractivity contribution in [2.45, 2.75) is 26.2 Å². The Balaban J connectivity index is 0.979. The Bertz CT molecular complexity index is 2630. The molecule has 2 aliphatic heterocycles. The van der Waals surface area contributed by atoms with Crippen molar-refractivity contribution in [2.75, 3.05) is 9.80 Å². The molecule has 0 atom stereocenters. The van der Waals surface area contributed by atoms with Gasteiger partial charge in [-0.15, -0.1) is 0 Å². The Morgan fingerprint density at radius 2 is 0.792 bits per heavy atom. The van der Waals surface area contributed by atoms with Crippen molar-refractivity contribution in [3.8, 4) is 0 Å². The lowest BCUT2D eigenvalue weighted by Gasteiger charge is -2.22. The first-order valence-corrected chi connectivity index (χ1v) is 16.8. The van der Waals surface area contributed by atoms with Crippen molar-refractivity contribution in [1.82, 2.24) is 9.97 Å². The predicted molar refractivity (Wildman–Crippen MR) is 200 cm³/mol. The minimum atomic E-state index is 0.880. The van der Waals surface area contributed by atoms with Crippen LogP contribution in [0.2, 0.25) is 0 Å². The summed E-state index contributed by atoms with van der Waals surface area (Å²) in [4.78, 5) is 14.9. The molecule has 0 amide bonds. The molecule has 226 valence electrons. The summed E-state index contributed by atoms with van der Waals surface area (Å²) in [6.45, 7) is 3.53. The topological polar surface area (TPSA) is 32.3 Å². The number of benzene rings is 7. The van der Waals surface area contributed by atoms with Crippen LogP contribution in [0, 0.1) is 0 Å². The van der Waals surface area contributed by atoms with Crippen molar-refractivity contribution < 1.29 is 0 Å². The molecule has 0 saturated heterocycles. The Morgan fingerprint density at radius 1 is 0.354 bits per heavy atom. The number of nitrogens with zero attached hydrogens (tertiary/aromatic N) is 4. The van der Waals surface area contributed by atoms with Crippen molar-refractivity contribution >= 4 is 76.3 Å². The van der Waals surface area contributed by atoms with Crippen LogP contribution in [-0.2, 0) is 26.2 Å². The zero-order chi connectivity index (χ0) is 31.3. The fourth-order valence-corrected chi connectivity index (χ4v) is 8.66. The van der Waals surface area contributed by atoms with E-state index in [1.165, 1.54) is 76.7 Å². The van der Waals surface area contributed by atoms with Gasteiger partial charge in [-0.3, -0.25) is 9.97 Å². The first kappa shape index (κ1) is 26.1. The quantitative estimate of drug-likeness (QED) is 0.181. The molecule has 4 heterocycles. The smallest absolute Gasteiger partial charge is 0.0986 e. The molecule has 0 bridgehead atoms.